The number of nitrogens with zero attached hydrogens (tertiary/aromatic N) is 1. The quantitative estimate of drug-likeness (QED) is 0.856. The molecule has 5 nitrogen and oxygen atoms in total. The molecule has 0 aromatic carbocycles. The molecular weight excluding hydrogens is 230 g/mol. The van der Waals surface area contributed by atoms with E-state index >= 15 is 0 Å². The second-order valence-electron chi connectivity index (χ2n) is 5.34. The normalized spacial score (nSPS) is 12.9. The first-order chi connectivity index (χ1) is 8.19. The van der Waals surface area contributed by atoms with Gasteiger partial charge in [0, 0.05) is 11.2 Å². The molecule has 0 radical (unpaired) electrons. The number of hydrogen-bond acceptors (Lipinski definition) is 4. The number of carbonyl (C=O) groups excluding carboxylic acids is 1. The van der Waals surface area contributed by atoms with Crippen LogP contribution in [0.5, 0.6) is 5.75 Å². The van der Waals surface area contributed by atoms with Crippen LogP contribution in [0.4, 0.5) is 5.82 Å². The summed E-state index contributed by atoms with van der Waals surface area (Å²) in [6.45, 7) is 9.27. The average molecular weight is 251 g/mol. The number of aromatic nitrogens is 1. The van der Waals surface area contributed by atoms with E-state index in [-0.39, 0.29) is 11.4 Å². The average Bonchev–Trinajstić information content (AvgIpc) is 2.19. The molecule has 0 saturated carbocycles. The number of nitrogens with two attached hydrogens (primary N) is 1. The topological polar surface area (TPSA) is 77.2 Å². The Balaban J connectivity index is 2.69. The molecule has 0 spiro atoms. The summed E-state index contributed by atoms with van der Waals surface area (Å²) >= 11 is 0. The summed E-state index contributed by atoms with van der Waals surface area (Å²) in [5, 5.41) is 2.84. The predicted octanol–water partition coefficient (Wildman–Crippen LogP) is 1.65. The zero-order chi connectivity index (χ0) is 13.9. The lowest BCUT2D eigenvalue weighted by molar-refractivity contribution is -0.128. The Bertz CT molecular complexity index is 438. The van der Waals surface area contributed by atoms with E-state index in [9.17, 15) is 4.79 Å². The molecule has 5 heteroatoms. The Morgan fingerprint density at radius 1 is 1.44 bits per heavy atom. The smallest absolute Gasteiger partial charge is 0.261 e. The van der Waals surface area contributed by atoms with Crippen LogP contribution in [0.1, 0.15) is 33.4 Å². The maximum atomic E-state index is 11.8. The summed E-state index contributed by atoms with van der Waals surface area (Å²) in [6.07, 6.45) is -0.615. The van der Waals surface area contributed by atoms with E-state index in [1.165, 1.54) is 0 Å². The molecule has 100 valence electrons. The van der Waals surface area contributed by atoms with Gasteiger partial charge in [0.05, 0.1) is 0 Å². The molecule has 1 atom stereocenters. The van der Waals surface area contributed by atoms with E-state index in [0.29, 0.717) is 11.6 Å². The molecule has 1 rings (SSSR count). The van der Waals surface area contributed by atoms with Crippen LogP contribution in [-0.4, -0.2) is 22.5 Å². The van der Waals surface area contributed by atoms with Crippen molar-refractivity contribution in [3.05, 3.63) is 17.8 Å². The third-order valence-electron chi connectivity index (χ3n) is 2.20. The molecule has 0 aliphatic rings. The van der Waals surface area contributed by atoms with Crippen molar-refractivity contribution in [2.45, 2.75) is 46.3 Å². The number of rotatable bonds is 3. The highest BCUT2D eigenvalue weighted by molar-refractivity contribution is 5.81. The van der Waals surface area contributed by atoms with Gasteiger partial charge in [0.15, 0.2) is 17.7 Å². The number of anilines is 1. The van der Waals surface area contributed by atoms with Gasteiger partial charge in [-0.15, -0.1) is 0 Å². The van der Waals surface area contributed by atoms with Crippen LogP contribution < -0.4 is 15.8 Å². The van der Waals surface area contributed by atoms with Gasteiger partial charge in [0.1, 0.15) is 0 Å². The second kappa shape index (κ2) is 5.25. The zero-order valence-corrected chi connectivity index (χ0v) is 11.6. The summed E-state index contributed by atoms with van der Waals surface area (Å²) in [6, 6.07) is 3.51. The van der Waals surface area contributed by atoms with E-state index < -0.39 is 6.10 Å². The van der Waals surface area contributed by atoms with E-state index in [1.54, 1.807) is 19.1 Å². The van der Waals surface area contributed by atoms with Crippen molar-refractivity contribution >= 4 is 11.7 Å². The highest BCUT2D eigenvalue weighted by Gasteiger charge is 2.21. The van der Waals surface area contributed by atoms with E-state index in [0.717, 1.165) is 5.69 Å². The van der Waals surface area contributed by atoms with Gasteiger partial charge in [-0.05, 0) is 46.8 Å². The third kappa shape index (κ3) is 4.24. The molecular formula is C13H21N3O2. The van der Waals surface area contributed by atoms with E-state index in [4.69, 9.17) is 10.5 Å². The lowest BCUT2D eigenvalue weighted by Gasteiger charge is -2.23. The number of nitrogens with one attached hydrogen (secondary N) is 1. The van der Waals surface area contributed by atoms with Crippen LogP contribution in [0.15, 0.2) is 12.1 Å². The largest absolute Gasteiger partial charge is 0.477 e. The third-order valence-corrected chi connectivity index (χ3v) is 2.20. The van der Waals surface area contributed by atoms with Gasteiger partial charge in [-0.2, -0.15) is 0 Å². The number of ether oxygens (including phenoxy) is 1. The summed E-state index contributed by atoms with van der Waals surface area (Å²) in [4.78, 5) is 15.9. The van der Waals surface area contributed by atoms with E-state index in [1.807, 2.05) is 27.7 Å². The summed E-state index contributed by atoms with van der Waals surface area (Å²) in [5.41, 5.74) is 6.26. The molecule has 0 aliphatic heterocycles. The predicted molar refractivity (Wildman–Crippen MR) is 71.4 cm³/mol. The Morgan fingerprint density at radius 2 is 2.06 bits per heavy atom. The van der Waals surface area contributed by atoms with Crippen molar-refractivity contribution in [1.29, 1.82) is 0 Å². The van der Waals surface area contributed by atoms with Crippen molar-refractivity contribution in [2.75, 3.05) is 5.73 Å². The molecule has 1 unspecified atom stereocenters. The molecule has 0 aliphatic carbocycles. The van der Waals surface area contributed by atoms with Gasteiger partial charge in [0.25, 0.3) is 5.91 Å². The number of hydrogen-bond donors (Lipinski definition) is 2. The molecule has 18 heavy (non-hydrogen) atoms. The maximum absolute atomic E-state index is 11.8. The van der Waals surface area contributed by atoms with Crippen LogP contribution in [0.3, 0.4) is 0 Å². The molecule has 0 fully saturated rings. The maximum Gasteiger partial charge on any atom is 0.261 e. The zero-order valence-electron chi connectivity index (χ0n) is 11.6. The Labute approximate surface area is 108 Å². The fraction of sp³-hybridized carbons (Fsp3) is 0.538. The first kappa shape index (κ1) is 14.3. The van der Waals surface area contributed by atoms with Crippen molar-refractivity contribution in [3.63, 3.8) is 0 Å². The minimum absolute atomic E-state index is 0.178. The first-order valence-corrected chi connectivity index (χ1v) is 5.91. The molecule has 3 N–H and O–H groups in total. The highest BCUT2D eigenvalue weighted by atomic mass is 16.5. The van der Waals surface area contributed by atoms with Gasteiger partial charge in [0.2, 0.25) is 0 Å². The standard InChI is InChI=1S/C13H21N3O2/c1-8-6-7-10(11(14)15-8)18-9(2)12(17)16-13(3,4)5/h6-7,9H,1-5H3,(H2,14,15)(H,16,17). The molecule has 1 amide bonds. The number of nitrogen functional groups attached to an aromatic ring is 1. The SMILES string of the molecule is Cc1ccc(OC(C)C(=O)NC(C)(C)C)c(N)n1. The lowest BCUT2D eigenvalue weighted by Crippen LogP contribution is -2.46. The fourth-order valence-corrected chi connectivity index (χ4v) is 1.38. The van der Waals surface area contributed by atoms with Gasteiger partial charge in [-0.25, -0.2) is 4.98 Å². The Hall–Kier alpha value is -1.78. The fourth-order valence-electron chi connectivity index (χ4n) is 1.38. The first-order valence-electron chi connectivity index (χ1n) is 5.91. The highest BCUT2D eigenvalue weighted by Crippen LogP contribution is 2.20. The van der Waals surface area contributed by atoms with Crippen molar-refractivity contribution in [3.8, 4) is 5.75 Å². The summed E-state index contributed by atoms with van der Waals surface area (Å²) in [5.74, 6) is 0.546. The second-order valence-corrected chi connectivity index (χ2v) is 5.34. The molecule has 0 saturated heterocycles. The van der Waals surface area contributed by atoms with Crippen molar-refractivity contribution < 1.29 is 9.53 Å². The Morgan fingerprint density at radius 3 is 2.56 bits per heavy atom. The number of carbonyl (C=O) groups is 1. The minimum Gasteiger partial charge on any atom is -0.477 e. The van der Waals surface area contributed by atoms with Gasteiger partial charge in [-0.1, -0.05) is 0 Å². The minimum atomic E-state index is -0.615. The Kier molecular flexibility index (Phi) is 4.16. The molecule has 0 bridgehead atoms. The van der Waals surface area contributed by atoms with Crippen LogP contribution in [0, 0.1) is 6.92 Å². The number of aryl methyl sites for hydroxylation is 1. The van der Waals surface area contributed by atoms with Gasteiger partial charge < -0.3 is 15.8 Å². The summed E-state index contributed by atoms with van der Waals surface area (Å²) < 4.78 is 5.51. The summed E-state index contributed by atoms with van der Waals surface area (Å²) in [7, 11) is 0. The van der Waals surface area contributed by atoms with Crippen LogP contribution in [0.25, 0.3) is 0 Å². The number of pyridine rings is 1. The van der Waals surface area contributed by atoms with E-state index in [2.05, 4.69) is 10.3 Å². The van der Waals surface area contributed by atoms with Gasteiger partial charge >= 0.3 is 0 Å². The number of amides is 1. The van der Waals surface area contributed by atoms with Crippen molar-refractivity contribution in [1.82, 2.24) is 10.3 Å². The molecule has 1 aromatic rings. The van der Waals surface area contributed by atoms with Crippen LogP contribution >= 0.6 is 0 Å². The van der Waals surface area contributed by atoms with Gasteiger partial charge in [-0.3, -0.25) is 4.79 Å². The van der Waals surface area contributed by atoms with Crippen molar-refractivity contribution in [2.24, 2.45) is 0 Å². The van der Waals surface area contributed by atoms with Crippen LogP contribution in [0.2, 0.25) is 0 Å². The monoisotopic (exact) mass is 251 g/mol. The van der Waals surface area contributed by atoms with Crippen LogP contribution in [-0.2, 0) is 4.79 Å². The molecule has 1 heterocycles. The molecule has 1 aromatic heterocycles. The lowest BCUT2D eigenvalue weighted by atomic mass is 10.1.